The molecule has 3 aromatic carbocycles. The van der Waals surface area contributed by atoms with Crippen LogP contribution < -0.4 is 9.47 Å². The summed E-state index contributed by atoms with van der Waals surface area (Å²) in [6.45, 7) is 2.66. The maximum Gasteiger partial charge on any atom is 0.293 e. The molecule has 0 aromatic heterocycles. The zero-order chi connectivity index (χ0) is 24.1. The Bertz CT molecular complexity index is 1250. The lowest BCUT2D eigenvalue weighted by atomic mass is 10.1. The number of rotatable bonds is 8. The molecule has 174 valence electrons. The lowest BCUT2D eigenvalue weighted by Gasteiger charge is -2.13. The first-order valence-corrected chi connectivity index (χ1v) is 11.8. The van der Waals surface area contributed by atoms with Gasteiger partial charge in [0.05, 0.1) is 18.1 Å². The standard InChI is InChI=1S/C26H21ClFNO4S/c1-2-32-23-13-18(9-12-22(23)33-16-19-5-3-4-6-21(19)27)14-24-25(30)29(26(31)34-24)15-17-7-10-20(28)11-8-17/h3-14H,2,15-16H2,1H3/b24-14+. The monoisotopic (exact) mass is 497 g/mol. The van der Waals surface area contributed by atoms with Crippen LogP contribution in [0.1, 0.15) is 23.6 Å². The Labute approximate surface area is 206 Å². The summed E-state index contributed by atoms with van der Waals surface area (Å²) in [5.41, 5.74) is 2.22. The molecule has 1 fully saturated rings. The predicted octanol–water partition coefficient (Wildman–Crippen LogP) is 6.69. The highest BCUT2D eigenvalue weighted by Crippen LogP contribution is 2.35. The van der Waals surface area contributed by atoms with Crippen LogP contribution in [0.15, 0.2) is 71.6 Å². The summed E-state index contributed by atoms with van der Waals surface area (Å²) < 4.78 is 24.8. The van der Waals surface area contributed by atoms with Gasteiger partial charge < -0.3 is 9.47 Å². The molecule has 0 unspecified atom stereocenters. The number of ether oxygens (including phenoxy) is 2. The summed E-state index contributed by atoms with van der Waals surface area (Å²) in [6, 6.07) is 18.5. The Morgan fingerprint density at radius 3 is 2.50 bits per heavy atom. The van der Waals surface area contributed by atoms with E-state index in [1.54, 1.807) is 42.5 Å². The molecule has 8 heteroatoms. The summed E-state index contributed by atoms with van der Waals surface area (Å²) in [4.78, 5) is 26.7. The van der Waals surface area contributed by atoms with Gasteiger partial charge in [-0.15, -0.1) is 0 Å². The van der Waals surface area contributed by atoms with Crippen molar-refractivity contribution in [3.05, 3.63) is 99.2 Å². The van der Waals surface area contributed by atoms with Gasteiger partial charge in [0.1, 0.15) is 12.4 Å². The number of carbonyl (C=O) groups excluding carboxylic acids is 2. The average Bonchev–Trinajstić information content (AvgIpc) is 3.08. The van der Waals surface area contributed by atoms with E-state index in [0.29, 0.717) is 39.2 Å². The van der Waals surface area contributed by atoms with E-state index in [9.17, 15) is 14.0 Å². The van der Waals surface area contributed by atoms with Crippen molar-refractivity contribution in [1.82, 2.24) is 4.90 Å². The first-order valence-electron chi connectivity index (χ1n) is 10.6. The van der Waals surface area contributed by atoms with Gasteiger partial charge in [0, 0.05) is 10.6 Å². The second kappa shape index (κ2) is 10.8. The number of imide groups is 1. The average molecular weight is 498 g/mol. The van der Waals surface area contributed by atoms with Gasteiger partial charge in [0.25, 0.3) is 11.1 Å². The van der Waals surface area contributed by atoms with Crippen LogP contribution in [0.25, 0.3) is 6.08 Å². The van der Waals surface area contributed by atoms with Gasteiger partial charge >= 0.3 is 0 Å². The number of hydrogen-bond acceptors (Lipinski definition) is 5. The van der Waals surface area contributed by atoms with Crippen molar-refractivity contribution in [3.63, 3.8) is 0 Å². The third-order valence-corrected chi connectivity index (χ3v) is 6.31. The van der Waals surface area contributed by atoms with E-state index in [0.717, 1.165) is 22.2 Å². The minimum Gasteiger partial charge on any atom is -0.490 e. The van der Waals surface area contributed by atoms with Crippen molar-refractivity contribution in [2.24, 2.45) is 0 Å². The summed E-state index contributed by atoms with van der Waals surface area (Å²) >= 11 is 7.07. The fraction of sp³-hybridized carbons (Fsp3) is 0.154. The van der Waals surface area contributed by atoms with Gasteiger partial charge in [-0.1, -0.05) is 48.0 Å². The number of hydrogen-bond donors (Lipinski definition) is 0. The van der Waals surface area contributed by atoms with Crippen LogP contribution >= 0.6 is 23.4 Å². The molecule has 3 aromatic rings. The third kappa shape index (κ3) is 5.61. The first-order chi connectivity index (χ1) is 16.4. The molecule has 4 rings (SSSR count). The molecule has 0 bridgehead atoms. The number of benzene rings is 3. The smallest absolute Gasteiger partial charge is 0.293 e. The molecule has 0 N–H and O–H groups in total. The zero-order valence-electron chi connectivity index (χ0n) is 18.3. The molecule has 0 radical (unpaired) electrons. The normalized spacial score (nSPS) is 14.7. The highest BCUT2D eigenvalue weighted by atomic mass is 35.5. The minimum absolute atomic E-state index is 0.0846. The van der Waals surface area contributed by atoms with Gasteiger partial charge in [-0.2, -0.15) is 0 Å². The largest absolute Gasteiger partial charge is 0.490 e. The van der Waals surface area contributed by atoms with Crippen LogP contribution in [0.5, 0.6) is 11.5 Å². The molecule has 2 amide bonds. The maximum absolute atomic E-state index is 13.1. The lowest BCUT2D eigenvalue weighted by Crippen LogP contribution is -2.27. The molecule has 5 nitrogen and oxygen atoms in total. The summed E-state index contributed by atoms with van der Waals surface area (Å²) in [7, 11) is 0. The van der Waals surface area contributed by atoms with Gasteiger partial charge in [-0.3, -0.25) is 14.5 Å². The van der Waals surface area contributed by atoms with E-state index < -0.39 is 5.91 Å². The van der Waals surface area contributed by atoms with Crippen molar-refractivity contribution in [1.29, 1.82) is 0 Å². The van der Waals surface area contributed by atoms with E-state index in [2.05, 4.69) is 0 Å². The third-order valence-electron chi connectivity index (χ3n) is 5.03. The Kier molecular flexibility index (Phi) is 7.55. The number of nitrogens with zero attached hydrogens (tertiary/aromatic N) is 1. The molecule has 0 aliphatic carbocycles. The highest BCUT2D eigenvalue weighted by Gasteiger charge is 2.35. The molecular formula is C26H21ClFNO4S. The van der Waals surface area contributed by atoms with Gasteiger partial charge in [-0.25, -0.2) is 4.39 Å². The van der Waals surface area contributed by atoms with E-state index in [1.165, 1.54) is 12.1 Å². The van der Waals surface area contributed by atoms with Crippen LogP contribution in [-0.2, 0) is 17.9 Å². The molecule has 1 heterocycles. The van der Waals surface area contributed by atoms with Crippen molar-refractivity contribution < 1.29 is 23.5 Å². The highest BCUT2D eigenvalue weighted by molar-refractivity contribution is 8.18. The second-order valence-electron chi connectivity index (χ2n) is 7.41. The van der Waals surface area contributed by atoms with Crippen LogP contribution in [-0.4, -0.2) is 22.7 Å². The maximum atomic E-state index is 13.1. The van der Waals surface area contributed by atoms with Gasteiger partial charge in [-0.05, 0) is 66.2 Å². The van der Waals surface area contributed by atoms with Crippen molar-refractivity contribution in [3.8, 4) is 11.5 Å². The van der Waals surface area contributed by atoms with Crippen LogP contribution in [0.3, 0.4) is 0 Å². The SMILES string of the molecule is CCOc1cc(/C=C2/SC(=O)N(Cc3ccc(F)cc3)C2=O)ccc1OCc1ccccc1Cl. The fourth-order valence-corrected chi connectivity index (χ4v) is 4.36. The Morgan fingerprint density at radius 1 is 1.00 bits per heavy atom. The Balaban J connectivity index is 1.51. The lowest BCUT2D eigenvalue weighted by molar-refractivity contribution is -0.123. The molecule has 0 spiro atoms. The van der Waals surface area contributed by atoms with E-state index in [1.807, 2.05) is 25.1 Å². The molecular weight excluding hydrogens is 477 g/mol. The molecule has 1 aliphatic heterocycles. The van der Waals surface area contributed by atoms with Crippen molar-refractivity contribution in [2.45, 2.75) is 20.1 Å². The Hall–Kier alpha value is -3.29. The molecule has 34 heavy (non-hydrogen) atoms. The summed E-state index contributed by atoms with van der Waals surface area (Å²) in [5.74, 6) is 0.302. The van der Waals surface area contributed by atoms with E-state index in [-0.39, 0.29) is 24.2 Å². The number of halogens is 2. The fourth-order valence-electron chi connectivity index (χ4n) is 3.33. The van der Waals surface area contributed by atoms with Crippen LogP contribution in [0, 0.1) is 5.82 Å². The topological polar surface area (TPSA) is 55.8 Å². The minimum atomic E-state index is -0.392. The van der Waals surface area contributed by atoms with E-state index >= 15 is 0 Å². The van der Waals surface area contributed by atoms with Gasteiger partial charge in [0.2, 0.25) is 0 Å². The van der Waals surface area contributed by atoms with E-state index in [4.69, 9.17) is 21.1 Å². The van der Waals surface area contributed by atoms with Crippen LogP contribution in [0.4, 0.5) is 9.18 Å². The molecule has 0 atom stereocenters. The van der Waals surface area contributed by atoms with Crippen molar-refractivity contribution in [2.75, 3.05) is 6.61 Å². The number of amides is 2. The summed E-state index contributed by atoms with van der Waals surface area (Å²) in [6.07, 6.45) is 1.65. The van der Waals surface area contributed by atoms with Crippen molar-refractivity contribution >= 4 is 40.6 Å². The number of thioether (sulfide) groups is 1. The molecule has 0 saturated carbocycles. The zero-order valence-corrected chi connectivity index (χ0v) is 19.9. The number of carbonyl (C=O) groups is 2. The Morgan fingerprint density at radius 2 is 1.76 bits per heavy atom. The van der Waals surface area contributed by atoms with Gasteiger partial charge in [0.15, 0.2) is 11.5 Å². The second-order valence-corrected chi connectivity index (χ2v) is 8.81. The first kappa shape index (κ1) is 23.9. The predicted molar refractivity (Wildman–Crippen MR) is 131 cm³/mol. The molecule has 1 aliphatic rings. The summed E-state index contributed by atoms with van der Waals surface area (Å²) in [5, 5.41) is 0.249. The molecule has 1 saturated heterocycles. The van der Waals surface area contributed by atoms with Crippen LogP contribution in [0.2, 0.25) is 5.02 Å². The quantitative estimate of drug-likeness (QED) is 0.324.